The van der Waals surface area contributed by atoms with Crippen molar-refractivity contribution >= 4 is 12.1 Å². The molecule has 1 saturated heterocycles. The number of rotatable bonds is 3. The van der Waals surface area contributed by atoms with Crippen LogP contribution in [0.15, 0.2) is 24.3 Å². The van der Waals surface area contributed by atoms with Gasteiger partial charge in [0.1, 0.15) is 11.1 Å². The van der Waals surface area contributed by atoms with Gasteiger partial charge in [0.05, 0.1) is 12.7 Å². The molecule has 1 unspecified atom stereocenters. The van der Waals surface area contributed by atoms with Gasteiger partial charge in [-0.25, -0.2) is 9.59 Å². The van der Waals surface area contributed by atoms with E-state index in [4.69, 9.17) is 9.47 Å². The number of methoxy groups -OCH3 is 1. The van der Waals surface area contributed by atoms with Crippen LogP contribution in [0.4, 0.5) is 18.0 Å². The third kappa shape index (κ3) is 4.11. The number of alkyl halides is 3. The Morgan fingerprint density at radius 1 is 1.23 bits per heavy atom. The van der Waals surface area contributed by atoms with Gasteiger partial charge in [-0.15, -0.1) is 0 Å². The maximum atomic E-state index is 12.9. The van der Waals surface area contributed by atoms with E-state index in [1.54, 1.807) is 20.8 Å². The monoisotopic (exact) mass is 373 g/mol. The lowest BCUT2D eigenvalue weighted by Crippen LogP contribution is -2.68. The fraction of sp³-hybridized carbons (Fsp3) is 0.556. The molecule has 1 aliphatic heterocycles. The Balaban J connectivity index is 2.32. The number of benzene rings is 1. The molecule has 1 atom stereocenters. The second kappa shape index (κ2) is 6.81. The molecule has 1 aliphatic rings. The quantitative estimate of drug-likeness (QED) is 0.757. The topological polar surface area (TPSA) is 55.8 Å². The zero-order chi connectivity index (χ0) is 19.8. The number of nitrogens with zero attached hydrogens (tertiary/aromatic N) is 1. The molecule has 1 aromatic carbocycles. The fourth-order valence-electron chi connectivity index (χ4n) is 2.93. The SMILES string of the molecule is COC(=O)C1(Cc2cccc(C(F)(F)F)c2)CCN1C(=O)OC(C)(C)C. The molecular weight excluding hydrogens is 351 g/mol. The Hall–Kier alpha value is -2.25. The predicted octanol–water partition coefficient (Wildman–Crippen LogP) is 3.80. The van der Waals surface area contributed by atoms with Gasteiger partial charge in [-0.3, -0.25) is 4.90 Å². The number of ether oxygens (including phenoxy) is 2. The van der Waals surface area contributed by atoms with Crippen LogP contribution in [0.5, 0.6) is 0 Å². The molecule has 1 amide bonds. The zero-order valence-corrected chi connectivity index (χ0v) is 15.1. The van der Waals surface area contributed by atoms with Gasteiger partial charge in [0.15, 0.2) is 0 Å². The van der Waals surface area contributed by atoms with Crippen LogP contribution < -0.4 is 0 Å². The molecule has 0 aliphatic carbocycles. The molecule has 1 aromatic rings. The molecular formula is C18H22F3NO4. The molecule has 8 heteroatoms. The summed E-state index contributed by atoms with van der Waals surface area (Å²) in [6, 6.07) is 4.71. The van der Waals surface area contributed by atoms with Gasteiger partial charge in [0.2, 0.25) is 0 Å². The summed E-state index contributed by atoms with van der Waals surface area (Å²) in [5, 5.41) is 0. The molecule has 26 heavy (non-hydrogen) atoms. The second-order valence-corrected chi connectivity index (χ2v) is 7.28. The van der Waals surface area contributed by atoms with E-state index in [0.29, 0.717) is 5.56 Å². The van der Waals surface area contributed by atoms with Crippen LogP contribution >= 0.6 is 0 Å². The zero-order valence-electron chi connectivity index (χ0n) is 15.1. The summed E-state index contributed by atoms with van der Waals surface area (Å²) in [6.07, 6.45) is -4.97. The van der Waals surface area contributed by atoms with Crippen LogP contribution in [0.25, 0.3) is 0 Å². The molecule has 5 nitrogen and oxygen atoms in total. The number of carbonyl (C=O) groups excluding carboxylic acids is 2. The van der Waals surface area contributed by atoms with Gasteiger partial charge in [0, 0.05) is 13.0 Å². The molecule has 1 heterocycles. The van der Waals surface area contributed by atoms with Crippen molar-refractivity contribution in [2.45, 2.75) is 50.9 Å². The van der Waals surface area contributed by atoms with Crippen LogP contribution in [-0.2, 0) is 26.9 Å². The second-order valence-electron chi connectivity index (χ2n) is 7.28. The van der Waals surface area contributed by atoms with Crippen LogP contribution in [0.1, 0.15) is 38.3 Å². The largest absolute Gasteiger partial charge is 0.467 e. The van der Waals surface area contributed by atoms with Crippen LogP contribution in [0.2, 0.25) is 0 Å². The minimum absolute atomic E-state index is 0.0805. The number of amides is 1. The minimum atomic E-state index is -4.49. The predicted molar refractivity (Wildman–Crippen MR) is 87.5 cm³/mol. The van der Waals surface area contributed by atoms with Crippen molar-refractivity contribution in [3.05, 3.63) is 35.4 Å². The van der Waals surface area contributed by atoms with Crippen LogP contribution in [0, 0.1) is 0 Å². The Morgan fingerprint density at radius 2 is 1.88 bits per heavy atom. The van der Waals surface area contributed by atoms with Crippen molar-refractivity contribution in [3.63, 3.8) is 0 Å². The third-order valence-corrected chi connectivity index (χ3v) is 4.20. The highest BCUT2D eigenvalue weighted by atomic mass is 19.4. The van der Waals surface area contributed by atoms with E-state index in [2.05, 4.69) is 0 Å². The first-order valence-corrected chi connectivity index (χ1v) is 8.14. The van der Waals surface area contributed by atoms with E-state index in [1.807, 2.05) is 0 Å². The lowest BCUT2D eigenvalue weighted by molar-refractivity contribution is -0.163. The summed E-state index contributed by atoms with van der Waals surface area (Å²) in [4.78, 5) is 26.0. The van der Waals surface area contributed by atoms with E-state index in [1.165, 1.54) is 24.1 Å². The summed E-state index contributed by atoms with van der Waals surface area (Å²) in [5.41, 5.74) is -2.64. The minimum Gasteiger partial charge on any atom is -0.467 e. The first-order valence-electron chi connectivity index (χ1n) is 8.14. The number of esters is 1. The van der Waals surface area contributed by atoms with E-state index in [-0.39, 0.29) is 19.4 Å². The van der Waals surface area contributed by atoms with Crippen molar-refractivity contribution in [1.29, 1.82) is 0 Å². The Bertz CT molecular complexity index is 696. The summed E-state index contributed by atoms with van der Waals surface area (Å²) in [5.74, 6) is -0.674. The van der Waals surface area contributed by atoms with Crippen LogP contribution in [-0.4, -0.2) is 41.8 Å². The molecule has 0 bridgehead atoms. The Morgan fingerprint density at radius 3 is 2.35 bits per heavy atom. The van der Waals surface area contributed by atoms with Crippen molar-refractivity contribution in [2.75, 3.05) is 13.7 Å². The summed E-state index contributed by atoms with van der Waals surface area (Å²) < 4.78 is 48.9. The highest BCUT2D eigenvalue weighted by molar-refractivity contribution is 5.88. The first kappa shape index (κ1) is 20.1. The van der Waals surface area contributed by atoms with Crippen LogP contribution in [0.3, 0.4) is 0 Å². The van der Waals surface area contributed by atoms with Gasteiger partial charge < -0.3 is 9.47 Å². The average Bonchev–Trinajstić information content (AvgIpc) is 2.48. The lowest BCUT2D eigenvalue weighted by atomic mass is 9.79. The van der Waals surface area contributed by atoms with Gasteiger partial charge in [0.25, 0.3) is 0 Å². The van der Waals surface area contributed by atoms with Crippen molar-refractivity contribution in [1.82, 2.24) is 4.90 Å². The smallest absolute Gasteiger partial charge is 0.416 e. The van der Waals surface area contributed by atoms with E-state index in [0.717, 1.165) is 12.1 Å². The molecule has 0 aromatic heterocycles. The van der Waals surface area contributed by atoms with Crippen molar-refractivity contribution in [3.8, 4) is 0 Å². The number of halogens is 3. The molecule has 1 fully saturated rings. The summed E-state index contributed by atoms with van der Waals surface area (Å²) >= 11 is 0. The van der Waals surface area contributed by atoms with Crippen molar-refractivity contribution in [2.24, 2.45) is 0 Å². The average molecular weight is 373 g/mol. The summed E-state index contributed by atoms with van der Waals surface area (Å²) in [6.45, 7) is 5.34. The number of hydrogen-bond acceptors (Lipinski definition) is 4. The normalized spacial score (nSPS) is 20.3. The highest BCUT2D eigenvalue weighted by Crippen LogP contribution is 2.38. The first-order chi connectivity index (χ1) is 11.9. The van der Waals surface area contributed by atoms with Gasteiger partial charge in [-0.05, 0) is 38.8 Å². The fourth-order valence-corrected chi connectivity index (χ4v) is 2.93. The maximum absolute atomic E-state index is 12.9. The molecule has 2 rings (SSSR count). The molecule has 144 valence electrons. The van der Waals surface area contributed by atoms with Gasteiger partial charge >= 0.3 is 18.2 Å². The standard InChI is InChI=1S/C18H22F3NO4/c1-16(2,3)26-15(24)22-9-8-17(22,14(23)25-4)11-12-6-5-7-13(10-12)18(19,20)21/h5-7,10H,8-9,11H2,1-4H3. The van der Waals surface area contributed by atoms with E-state index in [9.17, 15) is 22.8 Å². The summed E-state index contributed by atoms with van der Waals surface area (Å²) in [7, 11) is 1.18. The third-order valence-electron chi connectivity index (χ3n) is 4.20. The number of likely N-dealkylation sites (tertiary alicyclic amines) is 1. The van der Waals surface area contributed by atoms with Gasteiger partial charge in [-0.2, -0.15) is 13.2 Å². The van der Waals surface area contributed by atoms with Crippen molar-refractivity contribution < 1.29 is 32.2 Å². The Kier molecular flexibility index (Phi) is 5.26. The molecule has 0 spiro atoms. The molecule has 0 radical (unpaired) electrons. The van der Waals surface area contributed by atoms with E-state index < -0.39 is 34.9 Å². The van der Waals surface area contributed by atoms with Gasteiger partial charge in [-0.1, -0.05) is 18.2 Å². The Labute approximate surface area is 150 Å². The number of carbonyl (C=O) groups is 2. The number of hydrogen-bond donors (Lipinski definition) is 0. The molecule has 0 N–H and O–H groups in total. The maximum Gasteiger partial charge on any atom is 0.416 e. The van der Waals surface area contributed by atoms with E-state index >= 15 is 0 Å². The molecule has 0 saturated carbocycles. The lowest BCUT2D eigenvalue weighted by Gasteiger charge is -2.50. The highest BCUT2D eigenvalue weighted by Gasteiger charge is 2.55.